The third-order valence-electron chi connectivity index (χ3n) is 3.05. The Labute approximate surface area is 129 Å². The summed E-state index contributed by atoms with van der Waals surface area (Å²) >= 11 is 0. The molecule has 1 aromatic carbocycles. The Morgan fingerprint density at radius 1 is 1.14 bits per heavy atom. The van der Waals surface area contributed by atoms with Crippen LogP contribution in [-0.4, -0.2) is 30.0 Å². The van der Waals surface area contributed by atoms with Gasteiger partial charge in [-0.2, -0.15) is 0 Å². The third kappa shape index (κ3) is 4.41. The van der Waals surface area contributed by atoms with Gasteiger partial charge in [-0.3, -0.25) is 9.78 Å². The van der Waals surface area contributed by atoms with Crippen molar-refractivity contribution in [1.29, 1.82) is 0 Å². The largest absolute Gasteiger partial charge is 0.462 e. The molecule has 0 aliphatic carbocycles. The van der Waals surface area contributed by atoms with Crippen LogP contribution >= 0.6 is 0 Å². The van der Waals surface area contributed by atoms with Crippen molar-refractivity contribution in [2.45, 2.75) is 13.3 Å². The highest BCUT2D eigenvalue weighted by Crippen LogP contribution is 2.05. The van der Waals surface area contributed by atoms with Gasteiger partial charge in [0.05, 0.1) is 17.7 Å². The van der Waals surface area contributed by atoms with Gasteiger partial charge in [0, 0.05) is 18.9 Å². The number of aromatic nitrogens is 1. The number of esters is 1. The topological polar surface area (TPSA) is 68.3 Å². The van der Waals surface area contributed by atoms with E-state index < -0.39 is 5.97 Å². The first-order valence-electron chi connectivity index (χ1n) is 7.15. The molecule has 0 spiro atoms. The van der Waals surface area contributed by atoms with Crippen molar-refractivity contribution in [2.75, 3.05) is 13.2 Å². The van der Waals surface area contributed by atoms with E-state index in [1.807, 2.05) is 30.3 Å². The van der Waals surface area contributed by atoms with E-state index in [2.05, 4.69) is 10.3 Å². The fourth-order valence-electron chi connectivity index (χ4n) is 1.96. The van der Waals surface area contributed by atoms with Crippen LogP contribution in [0.2, 0.25) is 0 Å². The van der Waals surface area contributed by atoms with E-state index in [0.29, 0.717) is 12.1 Å². The molecular weight excluding hydrogens is 280 g/mol. The minimum Gasteiger partial charge on any atom is -0.462 e. The first-order valence-corrected chi connectivity index (χ1v) is 7.15. The van der Waals surface area contributed by atoms with Gasteiger partial charge in [0.15, 0.2) is 0 Å². The summed E-state index contributed by atoms with van der Waals surface area (Å²) in [5.41, 5.74) is 1.78. The molecule has 1 aromatic heterocycles. The number of carbonyl (C=O) groups excluding carboxylic acids is 2. The molecule has 0 atom stereocenters. The molecule has 5 heteroatoms. The van der Waals surface area contributed by atoms with Gasteiger partial charge in [-0.15, -0.1) is 0 Å². The first kappa shape index (κ1) is 15.7. The normalized spacial score (nSPS) is 10.0. The van der Waals surface area contributed by atoms with Crippen LogP contribution in [0.15, 0.2) is 48.8 Å². The average Bonchev–Trinajstić information content (AvgIpc) is 2.56. The van der Waals surface area contributed by atoms with Crippen molar-refractivity contribution in [3.05, 3.63) is 65.5 Å². The smallest absolute Gasteiger partial charge is 0.339 e. The van der Waals surface area contributed by atoms with E-state index in [1.54, 1.807) is 6.92 Å². The number of nitrogens with zero attached hydrogens (tertiary/aromatic N) is 1. The highest BCUT2D eigenvalue weighted by molar-refractivity contribution is 5.97. The van der Waals surface area contributed by atoms with Gasteiger partial charge in [0.1, 0.15) is 0 Å². The zero-order chi connectivity index (χ0) is 15.8. The van der Waals surface area contributed by atoms with Crippen LogP contribution in [0.5, 0.6) is 0 Å². The number of benzene rings is 1. The monoisotopic (exact) mass is 298 g/mol. The molecule has 5 nitrogen and oxygen atoms in total. The van der Waals surface area contributed by atoms with E-state index in [0.717, 1.165) is 12.0 Å². The first-order chi connectivity index (χ1) is 10.7. The summed E-state index contributed by atoms with van der Waals surface area (Å²) in [6.07, 6.45) is 3.57. The SMILES string of the molecule is CCOC(=O)c1cncc(C(=O)NCCc2ccccc2)c1. The molecule has 0 saturated carbocycles. The fourth-order valence-corrected chi connectivity index (χ4v) is 1.96. The summed E-state index contributed by atoms with van der Waals surface area (Å²) in [4.78, 5) is 27.6. The lowest BCUT2D eigenvalue weighted by atomic mass is 10.1. The van der Waals surface area contributed by atoms with Crippen molar-refractivity contribution in [1.82, 2.24) is 10.3 Å². The Kier molecular flexibility index (Phi) is 5.65. The molecule has 0 fully saturated rings. The van der Waals surface area contributed by atoms with Crippen LogP contribution in [-0.2, 0) is 11.2 Å². The summed E-state index contributed by atoms with van der Waals surface area (Å²) in [5, 5.41) is 2.81. The van der Waals surface area contributed by atoms with Crippen molar-refractivity contribution in [3.63, 3.8) is 0 Å². The molecule has 0 aliphatic heterocycles. The van der Waals surface area contributed by atoms with Gasteiger partial charge in [-0.25, -0.2) is 4.79 Å². The summed E-state index contributed by atoms with van der Waals surface area (Å²) < 4.78 is 4.89. The number of nitrogens with one attached hydrogen (secondary N) is 1. The standard InChI is InChI=1S/C17H18N2O3/c1-2-22-17(21)15-10-14(11-18-12-15)16(20)19-9-8-13-6-4-3-5-7-13/h3-7,10-12H,2,8-9H2,1H3,(H,19,20). The van der Waals surface area contributed by atoms with E-state index in [1.165, 1.54) is 18.5 Å². The number of hydrogen-bond acceptors (Lipinski definition) is 4. The molecule has 22 heavy (non-hydrogen) atoms. The quantitative estimate of drug-likeness (QED) is 0.830. The van der Waals surface area contributed by atoms with Gasteiger partial charge in [-0.05, 0) is 25.0 Å². The number of pyridine rings is 1. The average molecular weight is 298 g/mol. The van der Waals surface area contributed by atoms with E-state index in [4.69, 9.17) is 4.74 Å². The molecule has 1 amide bonds. The van der Waals surface area contributed by atoms with Crippen LogP contribution in [0.1, 0.15) is 33.2 Å². The van der Waals surface area contributed by atoms with E-state index >= 15 is 0 Å². The molecule has 0 saturated heterocycles. The van der Waals surface area contributed by atoms with Crippen molar-refractivity contribution in [2.24, 2.45) is 0 Å². The molecule has 1 heterocycles. The molecule has 0 aliphatic rings. The Balaban J connectivity index is 1.92. The van der Waals surface area contributed by atoms with Gasteiger partial charge in [0.25, 0.3) is 5.91 Å². The van der Waals surface area contributed by atoms with Crippen LogP contribution < -0.4 is 5.32 Å². The summed E-state index contributed by atoms with van der Waals surface area (Å²) in [6.45, 7) is 2.53. The number of rotatable bonds is 6. The highest BCUT2D eigenvalue weighted by Gasteiger charge is 2.11. The van der Waals surface area contributed by atoms with Crippen LogP contribution in [0.4, 0.5) is 0 Å². The molecule has 2 rings (SSSR count). The molecule has 2 aromatic rings. The molecule has 1 N–H and O–H groups in total. The minimum atomic E-state index is -0.478. The molecule has 0 bridgehead atoms. The summed E-state index contributed by atoms with van der Waals surface area (Å²) in [5.74, 6) is -0.733. The molecule has 0 unspecified atom stereocenters. The Bertz CT molecular complexity index is 641. The predicted molar refractivity (Wildman–Crippen MR) is 82.7 cm³/mol. The summed E-state index contributed by atoms with van der Waals surface area (Å²) in [6, 6.07) is 11.4. The van der Waals surface area contributed by atoms with Gasteiger partial charge < -0.3 is 10.1 Å². The van der Waals surface area contributed by atoms with Crippen molar-refractivity contribution < 1.29 is 14.3 Å². The number of amides is 1. The predicted octanol–water partition coefficient (Wildman–Crippen LogP) is 2.23. The van der Waals surface area contributed by atoms with Crippen LogP contribution in [0, 0.1) is 0 Å². The zero-order valence-corrected chi connectivity index (χ0v) is 12.4. The Morgan fingerprint density at radius 2 is 1.86 bits per heavy atom. The lowest BCUT2D eigenvalue weighted by Gasteiger charge is -2.06. The lowest BCUT2D eigenvalue weighted by Crippen LogP contribution is -2.26. The summed E-state index contributed by atoms with van der Waals surface area (Å²) in [7, 11) is 0. The van der Waals surface area contributed by atoms with E-state index in [-0.39, 0.29) is 18.1 Å². The number of ether oxygens (including phenoxy) is 1. The second-order valence-electron chi connectivity index (χ2n) is 4.67. The van der Waals surface area contributed by atoms with Gasteiger partial charge in [0.2, 0.25) is 0 Å². The second-order valence-corrected chi connectivity index (χ2v) is 4.67. The van der Waals surface area contributed by atoms with E-state index in [9.17, 15) is 9.59 Å². The second kappa shape index (κ2) is 7.93. The van der Waals surface area contributed by atoms with Gasteiger partial charge >= 0.3 is 5.97 Å². The van der Waals surface area contributed by atoms with Gasteiger partial charge in [-0.1, -0.05) is 30.3 Å². The minimum absolute atomic E-state index is 0.255. The maximum Gasteiger partial charge on any atom is 0.339 e. The van der Waals surface area contributed by atoms with Crippen molar-refractivity contribution in [3.8, 4) is 0 Å². The molecular formula is C17H18N2O3. The maximum atomic E-state index is 12.1. The Morgan fingerprint density at radius 3 is 2.59 bits per heavy atom. The highest BCUT2D eigenvalue weighted by atomic mass is 16.5. The number of carbonyl (C=O) groups is 2. The number of hydrogen-bond donors (Lipinski definition) is 1. The van der Waals surface area contributed by atoms with Crippen LogP contribution in [0.3, 0.4) is 0 Å². The molecule has 114 valence electrons. The third-order valence-corrected chi connectivity index (χ3v) is 3.05. The van der Waals surface area contributed by atoms with Crippen molar-refractivity contribution >= 4 is 11.9 Å². The Hall–Kier alpha value is -2.69. The van der Waals surface area contributed by atoms with Crippen LogP contribution in [0.25, 0.3) is 0 Å². The maximum absolute atomic E-state index is 12.1. The lowest BCUT2D eigenvalue weighted by molar-refractivity contribution is 0.0526. The fraction of sp³-hybridized carbons (Fsp3) is 0.235. The molecule has 0 radical (unpaired) electrons. The zero-order valence-electron chi connectivity index (χ0n) is 12.4.